The van der Waals surface area contributed by atoms with Crippen molar-refractivity contribution in [3.8, 4) is 0 Å². The zero-order valence-corrected chi connectivity index (χ0v) is 15.0. The van der Waals surface area contributed by atoms with Crippen LogP contribution in [0.4, 0.5) is 4.39 Å². The molecule has 1 aliphatic rings. The van der Waals surface area contributed by atoms with Gasteiger partial charge in [-0.2, -0.15) is 0 Å². The number of nitrogens with zero attached hydrogens (tertiary/aromatic N) is 1. The molecule has 1 aliphatic heterocycles. The molecule has 9 heteroatoms. The first-order valence-corrected chi connectivity index (χ1v) is 9.64. The van der Waals surface area contributed by atoms with Crippen LogP contribution in [-0.4, -0.2) is 38.3 Å². The molecule has 7 nitrogen and oxygen atoms in total. The van der Waals surface area contributed by atoms with E-state index >= 15 is 0 Å². The van der Waals surface area contributed by atoms with E-state index in [1.807, 2.05) is 24.3 Å². The Morgan fingerprint density at radius 1 is 1.15 bits per heavy atom. The minimum absolute atomic E-state index is 0.405. The van der Waals surface area contributed by atoms with Crippen LogP contribution < -0.4 is 5.14 Å². The van der Waals surface area contributed by atoms with Crippen molar-refractivity contribution in [3.05, 3.63) is 65.0 Å². The van der Waals surface area contributed by atoms with E-state index in [0.29, 0.717) is 19.5 Å². The Labute approximate surface area is 155 Å². The summed E-state index contributed by atoms with van der Waals surface area (Å²) in [6.07, 6.45) is 0.695. The van der Waals surface area contributed by atoms with Crippen LogP contribution in [0.2, 0.25) is 0 Å². The summed E-state index contributed by atoms with van der Waals surface area (Å²) in [5.41, 5.74) is 1.59. The topological polar surface area (TPSA) is 107 Å². The number of benzene rings is 2. The normalized spacial score (nSPS) is 13.8. The van der Waals surface area contributed by atoms with Crippen LogP contribution in [0.25, 0.3) is 0 Å². The number of ether oxygens (including phenoxy) is 1. The fourth-order valence-electron chi connectivity index (χ4n) is 2.84. The summed E-state index contributed by atoms with van der Waals surface area (Å²) in [4.78, 5) is 25.5. The lowest BCUT2D eigenvalue weighted by Gasteiger charge is -2.28. The van der Waals surface area contributed by atoms with Gasteiger partial charge in [0.2, 0.25) is 10.0 Å². The van der Waals surface area contributed by atoms with E-state index in [0.717, 1.165) is 23.8 Å². The number of halogens is 1. The Hall–Kier alpha value is -2.78. The van der Waals surface area contributed by atoms with Gasteiger partial charge in [-0.05, 0) is 35.7 Å². The van der Waals surface area contributed by atoms with Crippen molar-refractivity contribution in [2.75, 3.05) is 13.2 Å². The molecule has 1 amide bonds. The van der Waals surface area contributed by atoms with Crippen LogP contribution in [0, 0.1) is 5.82 Å². The third-order valence-electron chi connectivity index (χ3n) is 4.30. The Bertz CT molecular complexity index is 1010. The monoisotopic (exact) mass is 392 g/mol. The van der Waals surface area contributed by atoms with Gasteiger partial charge in [-0.25, -0.2) is 22.7 Å². The highest BCUT2D eigenvalue weighted by molar-refractivity contribution is 7.89. The number of amides is 1. The number of rotatable bonds is 4. The van der Waals surface area contributed by atoms with Crippen molar-refractivity contribution in [1.82, 2.24) is 4.90 Å². The summed E-state index contributed by atoms with van der Waals surface area (Å²) in [7, 11) is -4.10. The Morgan fingerprint density at radius 2 is 1.85 bits per heavy atom. The van der Waals surface area contributed by atoms with Gasteiger partial charge in [0.25, 0.3) is 5.91 Å². The highest BCUT2D eigenvalue weighted by Crippen LogP contribution is 2.19. The highest BCUT2D eigenvalue weighted by atomic mass is 32.2. The van der Waals surface area contributed by atoms with E-state index in [1.165, 1.54) is 5.56 Å². The summed E-state index contributed by atoms with van der Waals surface area (Å²) >= 11 is 0. The summed E-state index contributed by atoms with van der Waals surface area (Å²) in [6, 6.07) is 10.3. The Morgan fingerprint density at radius 3 is 2.56 bits per heavy atom. The van der Waals surface area contributed by atoms with Gasteiger partial charge in [0.1, 0.15) is 5.82 Å². The standard InChI is InChI=1S/C18H17FN2O5S/c19-16-6-5-14(27(20,24)25)9-15(16)18(23)26-11-17(22)21-8-7-12-3-1-2-4-13(12)10-21/h1-6,9H,7-8,10-11H2,(H2,20,24,25). The maximum Gasteiger partial charge on any atom is 0.341 e. The number of nitrogens with two attached hydrogens (primary N) is 1. The fraction of sp³-hybridized carbons (Fsp3) is 0.222. The largest absolute Gasteiger partial charge is 0.452 e. The predicted octanol–water partition coefficient (Wildman–Crippen LogP) is 1.21. The number of carbonyl (C=O) groups excluding carboxylic acids is 2. The molecule has 142 valence electrons. The van der Waals surface area contributed by atoms with E-state index in [1.54, 1.807) is 4.90 Å². The minimum atomic E-state index is -4.10. The van der Waals surface area contributed by atoms with Crippen LogP contribution in [0.15, 0.2) is 47.4 Å². The number of hydrogen-bond donors (Lipinski definition) is 1. The highest BCUT2D eigenvalue weighted by Gasteiger charge is 2.23. The third-order valence-corrected chi connectivity index (χ3v) is 5.21. The van der Waals surface area contributed by atoms with Gasteiger partial charge >= 0.3 is 5.97 Å². The first-order valence-electron chi connectivity index (χ1n) is 8.10. The molecule has 0 unspecified atom stereocenters. The quantitative estimate of drug-likeness (QED) is 0.788. The van der Waals surface area contributed by atoms with E-state index in [9.17, 15) is 22.4 Å². The number of esters is 1. The van der Waals surface area contributed by atoms with Gasteiger partial charge in [-0.1, -0.05) is 24.3 Å². The summed E-state index contributed by atoms with van der Waals surface area (Å²) in [5, 5.41) is 4.97. The van der Waals surface area contributed by atoms with Gasteiger partial charge in [-0.15, -0.1) is 0 Å². The zero-order valence-electron chi connectivity index (χ0n) is 14.2. The first-order chi connectivity index (χ1) is 12.8. The van der Waals surface area contributed by atoms with Crippen molar-refractivity contribution in [3.63, 3.8) is 0 Å². The third kappa shape index (κ3) is 4.32. The first kappa shape index (κ1) is 19.0. The molecule has 0 aromatic heterocycles. The van der Waals surface area contributed by atoms with Crippen molar-refractivity contribution in [1.29, 1.82) is 0 Å². The second-order valence-electron chi connectivity index (χ2n) is 6.10. The Kier molecular flexibility index (Phi) is 5.24. The molecule has 3 rings (SSSR count). The SMILES string of the molecule is NS(=O)(=O)c1ccc(F)c(C(=O)OCC(=O)N2CCc3ccccc3C2)c1. The zero-order chi connectivity index (χ0) is 19.6. The van der Waals surface area contributed by atoms with E-state index in [4.69, 9.17) is 9.88 Å². The molecule has 0 saturated heterocycles. The lowest BCUT2D eigenvalue weighted by Crippen LogP contribution is -2.38. The molecule has 27 heavy (non-hydrogen) atoms. The second kappa shape index (κ2) is 7.45. The van der Waals surface area contributed by atoms with Gasteiger partial charge in [0.05, 0.1) is 10.5 Å². The van der Waals surface area contributed by atoms with Crippen LogP contribution in [0.1, 0.15) is 21.5 Å². The van der Waals surface area contributed by atoms with Crippen LogP contribution in [-0.2, 0) is 32.5 Å². The van der Waals surface area contributed by atoms with Crippen LogP contribution >= 0.6 is 0 Å². The number of sulfonamides is 1. The van der Waals surface area contributed by atoms with Crippen molar-refractivity contribution in [2.24, 2.45) is 5.14 Å². The second-order valence-corrected chi connectivity index (χ2v) is 7.66. The fourth-order valence-corrected chi connectivity index (χ4v) is 3.38. The van der Waals surface area contributed by atoms with E-state index < -0.39 is 44.8 Å². The number of carbonyl (C=O) groups is 2. The molecule has 2 N–H and O–H groups in total. The number of primary sulfonamides is 1. The lowest BCUT2D eigenvalue weighted by molar-refractivity contribution is -0.135. The molecule has 0 saturated carbocycles. The molecule has 0 atom stereocenters. The van der Waals surface area contributed by atoms with Crippen LogP contribution in [0.5, 0.6) is 0 Å². The number of hydrogen-bond acceptors (Lipinski definition) is 5. The van der Waals surface area contributed by atoms with Crippen molar-refractivity contribution >= 4 is 21.9 Å². The maximum atomic E-state index is 13.8. The lowest BCUT2D eigenvalue weighted by atomic mass is 10.00. The minimum Gasteiger partial charge on any atom is -0.452 e. The molecule has 2 aromatic rings. The summed E-state index contributed by atoms with van der Waals surface area (Å²) in [6.45, 7) is 0.324. The van der Waals surface area contributed by atoms with Crippen molar-refractivity contribution < 1.29 is 27.1 Å². The van der Waals surface area contributed by atoms with E-state index in [2.05, 4.69) is 0 Å². The van der Waals surface area contributed by atoms with Gasteiger partial charge < -0.3 is 9.64 Å². The van der Waals surface area contributed by atoms with Gasteiger partial charge in [0.15, 0.2) is 6.61 Å². The molecule has 1 heterocycles. The Balaban J connectivity index is 1.65. The molecule has 0 bridgehead atoms. The molecule has 2 aromatic carbocycles. The average molecular weight is 392 g/mol. The van der Waals surface area contributed by atoms with E-state index in [-0.39, 0.29) is 0 Å². The summed E-state index contributed by atoms with van der Waals surface area (Å²) < 4.78 is 41.4. The maximum absolute atomic E-state index is 13.8. The van der Waals surface area contributed by atoms with Gasteiger partial charge in [0, 0.05) is 13.1 Å². The number of fused-ring (bicyclic) bond motifs is 1. The van der Waals surface area contributed by atoms with Crippen LogP contribution in [0.3, 0.4) is 0 Å². The molecule has 0 radical (unpaired) electrons. The smallest absolute Gasteiger partial charge is 0.341 e. The predicted molar refractivity (Wildman–Crippen MR) is 93.6 cm³/mol. The molecule has 0 fully saturated rings. The summed E-state index contributed by atoms with van der Waals surface area (Å²) in [5.74, 6) is -2.52. The molecule has 0 aliphatic carbocycles. The van der Waals surface area contributed by atoms with Crippen molar-refractivity contribution in [2.45, 2.75) is 17.9 Å². The molecule has 0 spiro atoms. The molecular weight excluding hydrogens is 375 g/mol. The molecular formula is C18H17FN2O5S. The van der Waals surface area contributed by atoms with Gasteiger partial charge in [-0.3, -0.25) is 4.79 Å². The average Bonchev–Trinajstić information content (AvgIpc) is 2.64.